The first-order valence-corrected chi connectivity index (χ1v) is 12.5. The minimum absolute atomic E-state index is 0.0683. The average Bonchev–Trinajstić information content (AvgIpc) is 3.16. The number of methoxy groups -OCH3 is 2. The second-order valence-corrected chi connectivity index (χ2v) is 11.1. The quantitative estimate of drug-likeness (QED) is 0.488. The summed E-state index contributed by atoms with van der Waals surface area (Å²) in [7, 11) is 2.59. The molecule has 0 spiro atoms. The van der Waals surface area contributed by atoms with Gasteiger partial charge in [0.05, 0.1) is 14.2 Å². The normalized spacial score (nSPS) is 39.3. The summed E-state index contributed by atoms with van der Waals surface area (Å²) in [5.74, 6) is 1.37. The van der Waals surface area contributed by atoms with Crippen LogP contribution in [0.3, 0.4) is 0 Å². The van der Waals surface area contributed by atoms with E-state index in [0.29, 0.717) is 24.7 Å². The van der Waals surface area contributed by atoms with Gasteiger partial charge in [-0.3, -0.25) is 4.79 Å². The van der Waals surface area contributed by atoms with Gasteiger partial charge in [-0.15, -0.1) is 0 Å². The lowest BCUT2D eigenvalue weighted by atomic mass is 9.49. The van der Waals surface area contributed by atoms with Crippen molar-refractivity contribution in [3.8, 4) is 0 Å². The van der Waals surface area contributed by atoms with E-state index in [1.54, 1.807) is 6.92 Å². The van der Waals surface area contributed by atoms with Crippen LogP contribution in [0.1, 0.15) is 66.2 Å². The molecule has 7 heteroatoms. The molecule has 0 aromatic rings. The molecule has 0 saturated heterocycles. The Kier molecular flexibility index (Phi) is 6.60. The van der Waals surface area contributed by atoms with Crippen molar-refractivity contribution >= 4 is 18.1 Å². The van der Waals surface area contributed by atoms with Crippen LogP contribution >= 0.6 is 0 Å². The van der Waals surface area contributed by atoms with Gasteiger partial charge in [0, 0.05) is 24.2 Å². The van der Waals surface area contributed by atoms with Crippen molar-refractivity contribution in [2.75, 3.05) is 14.2 Å². The highest BCUT2D eigenvalue weighted by molar-refractivity contribution is 5.78. The molecule has 4 aliphatic rings. The lowest BCUT2D eigenvalue weighted by molar-refractivity contribution is -0.123. The van der Waals surface area contributed by atoms with Gasteiger partial charge in [-0.1, -0.05) is 44.1 Å². The van der Waals surface area contributed by atoms with E-state index in [2.05, 4.69) is 32.9 Å². The maximum Gasteiger partial charge on any atom is 0.508 e. The average molecular weight is 475 g/mol. The van der Waals surface area contributed by atoms with Gasteiger partial charge in [0.25, 0.3) is 0 Å². The summed E-state index contributed by atoms with van der Waals surface area (Å²) in [6, 6.07) is 0. The molecule has 0 N–H and O–H groups in total. The second-order valence-electron chi connectivity index (χ2n) is 11.1. The fourth-order valence-corrected chi connectivity index (χ4v) is 7.76. The number of rotatable bonds is 4. The third kappa shape index (κ3) is 3.85. The Morgan fingerprint density at radius 2 is 1.65 bits per heavy atom. The van der Waals surface area contributed by atoms with Gasteiger partial charge in [0.2, 0.25) is 0 Å². The molecule has 34 heavy (non-hydrogen) atoms. The van der Waals surface area contributed by atoms with Crippen LogP contribution in [0.15, 0.2) is 23.3 Å². The van der Waals surface area contributed by atoms with E-state index in [0.717, 1.165) is 31.3 Å². The van der Waals surface area contributed by atoms with Gasteiger partial charge in [-0.25, -0.2) is 9.59 Å². The van der Waals surface area contributed by atoms with Crippen molar-refractivity contribution < 1.29 is 33.3 Å². The first-order chi connectivity index (χ1) is 16.1. The molecule has 188 valence electrons. The van der Waals surface area contributed by atoms with E-state index < -0.39 is 29.9 Å². The molecule has 0 aromatic heterocycles. The standard InChI is InChI=1S/C27H38O7/c1-15(16(2)28)20-9-10-21-19-8-7-17-13-18(33-24(29)31-5)14-23(34-25(30)32-6)27(17,4)22(19)11-12-26(20,21)3/h7-8,15,18,20-23H,9-14H2,1-6H3/t15?,18-,20-,21+,22+,23+,26-,27+/m1/s1. The molecule has 0 aliphatic heterocycles. The number of carbonyl (C=O) groups is 3. The number of fused-ring (bicyclic) bond motifs is 5. The SMILES string of the molecule is COC(=O)O[C@@H]1CC2=CC=C3[C@@H]4CC[C@H](C(C)C(C)=O)[C@@]4(C)CC[C@@H]3[C@@]2(C)[C@@H](OC(=O)OC)C1. The molecule has 3 saturated carbocycles. The molecule has 0 radical (unpaired) electrons. The maximum atomic E-state index is 12.2. The lowest BCUT2D eigenvalue weighted by Gasteiger charge is -2.56. The lowest BCUT2D eigenvalue weighted by Crippen LogP contribution is -2.54. The third-order valence-electron chi connectivity index (χ3n) is 9.75. The highest BCUT2D eigenvalue weighted by Crippen LogP contribution is 2.66. The van der Waals surface area contributed by atoms with Crippen LogP contribution < -0.4 is 0 Å². The fraction of sp³-hybridized carbons (Fsp3) is 0.741. The zero-order valence-electron chi connectivity index (χ0n) is 21.2. The van der Waals surface area contributed by atoms with E-state index in [9.17, 15) is 14.4 Å². The van der Waals surface area contributed by atoms with E-state index in [1.165, 1.54) is 19.8 Å². The van der Waals surface area contributed by atoms with Crippen LogP contribution in [0.2, 0.25) is 0 Å². The van der Waals surface area contributed by atoms with Crippen molar-refractivity contribution in [3.63, 3.8) is 0 Å². The Morgan fingerprint density at radius 3 is 2.29 bits per heavy atom. The molecule has 1 unspecified atom stereocenters. The monoisotopic (exact) mass is 474 g/mol. The molecule has 4 aliphatic carbocycles. The van der Waals surface area contributed by atoms with Crippen molar-refractivity contribution in [2.24, 2.45) is 34.5 Å². The van der Waals surface area contributed by atoms with Gasteiger partial charge in [0.1, 0.15) is 18.0 Å². The first-order valence-electron chi connectivity index (χ1n) is 12.5. The summed E-state index contributed by atoms with van der Waals surface area (Å²) in [5.41, 5.74) is 2.24. The van der Waals surface area contributed by atoms with E-state index in [4.69, 9.17) is 18.9 Å². The highest BCUT2D eigenvalue weighted by Gasteiger charge is 2.60. The minimum atomic E-state index is -0.733. The molecule has 0 amide bonds. The fourth-order valence-electron chi connectivity index (χ4n) is 7.76. The van der Waals surface area contributed by atoms with Gasteiger partial charge >= 0.3 is 12.3 Å². The Hall–Kier alpha value is -2.31. The Morgan fingerprint density at radius 1 is 0.971 bits per heavy atom. The van der Waals surface area contributed by atoms with Crippen LogP contribution in [-0.2, 0) is 23.7 Å². The summed E-state index contributed by atoms with van der Waals surface area (Å²) in [5, 5.41) is 0. The Balaban J connectivity index is 1.68. The van der Waals surface area contributed by atoms with E-state index >= 15 is 0 Å². The summed E-state index contributed by atoms with van der Waals surface area (Å²) >= 11 is 0. The Labute approximate surface area is 202 Å². The number of hydrogen-bond donors (Lipinski definition) is 0. The van der Waals surface area contributed by atoms with Crippen molar-refractivity contribution in [1.29, 1.82) is 0 Å². The number of Topliss-reactive ketones (excluding diaryl/α,β-unsaturated/α-hetero) is 1. The molecular weight excluding hydrogens is 436 g/mol. The number of carbonyl (C=O) groups excluding carboxylic acids is 3. The number of ketones is 1. The van der Waals surface area contributed by atoms with Gasteiger partial charge in [0.15, 0.2) is 0 Å². The van der Waals surface area contributed by atoms with Gasteiger partial charge in [-0.2, -0.15) is 0 Å². The molecule has 0 aromatic carbocycles. The molecular formula is C27H38O7. The molecule has 0 bridgehead atoms. The molecule has 4 rings (SSSR count). The number of allylic oxidation sites excluding steroid dienone is 3. The summed E-state index contributed by atoms with van der Waals surface area (Å²) in [6.45, 7) is 8.36. The van der Waals surface area contributed by atoms with Crippen LogP contribution in [0, 0.1) is 34.5 Å². The van der Waals surface area contributed by atoms with Crippen LogP contribution in [0.5, 0.6) is 0 Å². The summed E-state index contributed by atoms with van der Waals surface area (Å²) in [6.07, 6.45) is 7.17. The number of ether oxygens (including phenoxy) is 4. The predicted octanol–water partition coefficient (Wildman–Crippen LogP) is 5.62. The zero-order chi connectivity index (χ0) is 24.8. The molecule has 3 fully saturated rings. The summed E-state index contributed by atoms with van der Waals surface area (Å²) < 4.78 is 20.8. The highest BCUT2D eigenvalue weighted by atomic mass is 16.7. The maximum absolute atomic E-state index is 12.2. The first kappa shape index (κ1) is 24.8. The van der Waals surface area contributed by atoms with Crippen LogP contribution in [0.25, 0.3) is 0 Å². The van der Waals surface area contributed by atoms with Crippen LogP contribution in [-0.4, -0.2) is 44.5 Å². The Bertz CT molecular complexity index is 920. The van der Waals surface area contributed by atoms with Gasteiger partial charge < -0.3 is 18.9 Å². The zero-order valence-corrected chi connectivity index (χ0v) is 21.2. The molecule has 7 nitrogen and oxygen atoms in total. The third-order valence-corrected chi connectivity index (χ3v) is 9.75. The van der Waals surface area contributed by atoms with E-state index in [-0.39, 0.29) is 23.0 Å². The molecule has 0 heterocycles. The van der Waals surface area contributed by atoms with Gasteiger partial charge in [-0.05, 0) is 55.8 Å². The smallest absolute Gasteiger partial charge is 0.438 e. The summed E-state index contributed by atoms with van der Waals surface area (Å²) in [4.78, 5) is 36.3. The van der Waals surface area contributed by atoms with Crippen LogP contribution in [0.4, 0.5) is 9.59 Å². The van der Waals surface area contributed by atoms with Crippen molar-refractivity contribution in [3.05, 3.63) is 23.3 Å². The number of hydrogen-bond acceptors (Lipinski definition) is 7. The largest absolute Gasteiger partial charge is 0.508 e. The van der Waals surface area contributed by atoms with Crippen molar-refractivity contribution in [1.82, 2.24) is 0 Å². The predicted molar refractivity (Wildman–Crippen MR) is 125 cm³/mol. The minimum Gasteiger partial charge on any atom is -0.438 e. The topological polar surface area (TPSA) is 88.1 Å². The molecule has 8 atom stereocenters. The van der Waals surface area contributed by atoms with Crippen molar-refractivity contribution in [2.45, 2.75) is 78.4 Å². The second kappa shape index (κ2) is 9.04. The van der Waals surface area contributed by atoms with E-state index in [1.807, 2.05) is 0 Å².